The van der Waals surface area contributed by atoms with Gasteiger partial charge in [0.25, 0.3) is 0 Å². The summed E-state index contributed by atoms with van der Waals surface area (Å²) in [5.74, 6) is 0.711. The predicted molar refractivity (Wildman–Crippen MR) is 55.7 cm³/mol. The zero-order chi connectivity index (χ0) is 9.80. The van der Waals surface area contributed by atoms with Gasteiger partial charge < -0.3 is 4.74 Å². The van der Waals surface area contributed by atoms with Gasteiger partial charge in [0.1, 0.15) is 17.5 Å². The lowest BCUT2D eigenvalue weighted by Crippen LogP contribution is -1.92. The van der Waals surface area contributed by atoms with E-state index in [4.69, 9.17) is 16.3 Å². The SMILES string of the molecule is Clc1ccc(OCc2cncs2)cn1. The van der Waals surface area contributed by atoms with Crippen molar-refractivity contribution in [2.45, 2.75) is 6.61 Å². The maximum Gasteiger partial charge on any atom is 0.138 e. The number of aromatic nitrogens is 2. The van der Waals surface area contributed by atoms with Crippen LogP contribution >= 0.6 is 22.9 Å². The lowest BCUT2D eigenvalue weighted by atomic mass is 10.4. The molecule has 0 spiro atoms. The summed E-state index contributed by atoms with van der Waals surface area (Å²) in [6.07, 6.45) is 3.39. The van der Waals surface area contributed by atoms with Crippen molar-refractivity contribution in [2.24, 2.45) is 0 Å². The van der Waals surface area contributed by atoms with Crippen molar-refractivity contribution in [1.82, 2.24) is 9.97 Å². The van der Waals surface area contributed by atoms with E-state index >= 15 is 0 Å². The smallest absolute Gasteiger partial charge is 0.138 e. The molecule has 5 heteroatoms. The Kier molecular flexibility index (Phi) is 2.96. The summed E-state index contributed by atoms with van der Waals surface area (Å²) < 4.78 is 5.45. The molecule has 0 amide bonds. The van der Waals surface area contributed by atoms with Crippen molar-refractivity contribution in [3.63, 3.8) is 0 Å². The lowest BCUT2D eigenvalue weighted by molar-refractivity contribution is 0.308. The fourth-order valence-electron chi connectivity index (χ4n) is 0.915. The highest BCUT2D eigenvalue weighted by molar-refractivity contribution is 7.09. The fourth-order valence-corrected chi connectivity index (χ4v) is 1.53. The van der Waals surface area contributed by atoms with Gasteiger partial charge in [-0.2, -0.15) is 0 Å². The molecule has 0 aliphatic carbocycles. The van der Waals surface area contributed by atoms with Gasteiger partial charge >= 0.3 is 0 Å². The Morgan fingerprint density at radius 1 is 1.36 bits per heavy atom. The third-order valence-corrected chi connectivity index (χ3v) is 2.54. The van der Waals surface area contributed by atoms with Crippen LogP contribution in [0.15, 0.2) is 30.0 Å². The first-order valence-corrected chi connectivity index (χ1v) is 5.22. The quantitative estimate of drug-likeness (QED) is 0.755. The van der Waals surface area contributed by atoms with Crippen LogP contribution < -0.4 is 4.74 Å². The number of rotatable bonds is 3. The first-order chi connectivity index (χ1) is 6.84. The van der Waals surface area contributed by atoms with E-state index in [1.165, 1.54) is 0 Å². The standard InChI is InChI=1S/C9H7ClN2OS/c10-9-2-1-7(3-12-9)13-5-8-4-11-6-14-8/h1-4,6H,5H2. The molecule has 0 radical (unpaired) electrons. The Bertz CT molecular complexity index is 388. The Morgan fingerprint density at radius 3 is 2.93 bits per heavy atom. The molecule has 2 aromatic heterocycles. The third-order valence-electron chi connectivity index (χ3n) is 1.56. The fraction of sp³-hybridized carbons (Fsp3) is 0.111. The number of nitrogens with zero attached hydrogens (tertiary/aromatic N) is 2. The Balaban J connectivity index is 1.95. The molecule has 0 aromatic carbocycles. The van der Waals surface area contributed by atoms with Crippen LogP contribution in [-0.4, -0.2) is 9.97 Å². The van der Waals surface area contributed by atoms with E-state index in [9.17, 15) is 0 Å². The van der Waals surface area contributed by atoms with Crippen LogP contribution in [0.3, 0.4) is 0 Å². The number of halogens is 1. The molecule has 0 atom stereocenters. The van der Waals surface area contributed by atoms with E-state index in [0.717, 1.165) is 4.88 Å². The molecule has 0 aliphatic rings. The van der Waals surface area contributed by atoms with Crippen LogP contribution in [0, 0.1) is 0 Å². The summed E-state index contributed by atoms with van der Waals surface area (Å²) in [5.41, 5.74) is 1.78. The van der Waals surface area contributed by atoms with Gasteiger partial charge in [-0.1, -0.05) is 11.6 Å². The highest BCUT2D eigenvalue weighted by Gasteiger charge is 1.97. The molecule has 2 aromatic rings. The topological polar surface area (TPSA) is 35.0 Å². The summed E-state index contributed by atoms with van der Waals surface area (Å²) >= 11 is 7.20. The van der Waals surface area contributed by atoms with Crippen molar-refractivity contribution in [3.05, 3.63) is 40.1 Å². The minimum Gasteiger partial charge on any atom is -0.486 e. The Morgan fingerprint density at radius 2 is 2.29 bits per heavy atom. The van der Waals surface area contributed by atoms with Gasteiger partial charge in [0, 0.05) is 6.20 Å². The Labute approximate surface area is 90.3 Å². The molecule has 0 fully saturated rings. The summed E-state index contributed by atoms with van der Waals surface area (Å²) in [4.78, 5) is 8.94. The molecule has 0 N–H and O–H groups in total. The first-order valence-electron chi connectivity index (χ1n) is 3.96. The zero-order valence-corrected chi connectivity index (χ0v) is 8.76. The molecule has 72 valence electrons. The lowest BCUT2D eigenvalue weighted by Gasteiger charge is -2.02. The number of ether oxygens (including phenoxy) is 1. The maximum atomic E-state index is 5.64. The minimum atomic E-state index is 0.468. The molecule has 0 aliphatic heterocycles. The molecule has 2 heterocycles. The summed E-state index contributed by atoms with van der Waals surface area (Å²) in [5, 5.41) is 0.468. The van der Waals surface area contributed by atoms with Crippen molar-refractivity contribution in [3.8, 4) is 5.75 Å². The monoisotopic (exact) mass is 226 g/mol. The molecule has 0 unspecified atom stereocenters. The molecule has 0 bridgehead atoms. The largest absolute Gasteiger partial charge is 0.486 e. The maximum absolute atomic E-state index is 5.64. The molecule has 3 nitrogen and oxygen atoms in total. The average molecular weight is 227 g/mol. The van der Waals surface area contributed by atoms with Crippen molar-refractivity contribution in [1.29, 1.82) is 0 Å². The van der Waals surface area contributed by atoms with Crippen LogP contribution in [0.2, 0.25) is 5.15 Å². The van der Waals surface area contributed by atoms with E-state index < -0.39 is 0 Å². The minimum absolute atomic E-state index is 0.468. The molecule has 0 saturated heterocycles. The number of pyridine rings is 1. The van der Waals surface area contributed by atoms with Crippen LogP contribution in [-0.2, 0) is 6.61 Å². The molecule has 2 rings (SSSR count). The van der Waals surface area contributed by atoms with Crippen molar-refractivity contribution < 1.29 is 4.74 Å². The van der Waals surface area contributed by atoms with E-state index in [1.54, 1.807) is 41.4 Å². The second-order valence-corrected chi connectivity index (χ2v) is 3.93. The number of hydrogen-bond acceptors (Lipinski definition) is 4. The second kappa shape index (κ2) is 4.39. The van der Waals surface area contributed by atoms with Crippen LogP contribution in [0.4, 0.5) is 0 Å². The van der Waals surface area contributed by atoms with Crippen LogP contribution in [0.1, 0.15) is 4.88 Å². The van der Waals surface area contributed by atoms with Crippen LogP contribution in [0.5, 0.6) is 5.75 Å². The molecular formula is C9H7ClN2OS. The normalized spacial score (nSPS) is 10.1. The predicted octanol–water partition coefficient (Wildman–Crippen LogP) is 2.77. The van der Waals surface area contributed by atoms with Crippen molar-refractivity contribution >= 4 is 22.9 Å². The van der Waals surface area contributed by atoms with Gasteiger partial charge in [0.15, 0.2) is 0 Å². The van der Waals surface area contributed by atoms with Crippen molar-refractivity contribution in [2.75, 3.05) is 0 Å². The molecular weight excluding hydrogens is 220 g/mol. The van der Waals surface area contributed by atoms with E-state index in [0.29, 0.717) is 17.5 Å². The molecule has 0 saturated carbocycles. The number of thiazole rings is 1. The van der Waals surface area contributed by atoms with Gasteiger partial charge in [0.05, 0.1) is 16.6 Å². The van der Waals surface area contributed by atoms with Gasteiger partial charge in [-0.05, 0) is 12.1 Å². The van der Waals surface area contributed by atoms with Crippen LogP contribution in [0.25, 0.3) is 0 Å². The molecule has 14 heavy (non-hydrogen) atoms. The summed E-state index contributed by atoms with van der Waals surface area (Å²) in [6.45, 7) is 0.522. The van der Waals surface area contributed by atoms with Gasteiger partial charge in [-0.3, -0.25) is 4.98 Å². The highest BCUT2D eigenvalue weighted by Crippen LogP contribution is 2.15. The van der Waals surface area contributed by atoms with E-state index in [1.807, 2.05) is 0 Å². The zero-order valence-electron chi connectivity index (χ0n) is 7.18. The third kappa shape index (κ3) is 2.43. The van der Waals surface area contributed by atoms with Gasteiger partial charge in [0.2, 0.25) is 0 Å². The van der Waals surface area contributed by atoms with Gasteiger partial charge in [-0.25, -0.2) is 4.98 Å². The van der Waals surface area contributed by atoms with Gasteiger partial charge in [-0.15, -0.1) is 11.3 Å². The number of hydrogen-bond donors (Lipinski definition) is 0. The summed E-state index contributed by atoms with van der Waals surface area (Å²) in [6, 6.07) is 3.49. The van der Waals surface area contributed by atoms with E-state index in [-0.39, 0.29) is 0 Å². The van der Waals surface area contributed by atoms with E-state index in [2.05, 4.69) is 9.97 Å². The first kappa shape index (κ1) is 9.43. The Hall–Kier alpha value is -1.13. The average Bonchev–Trinajstić information content (AvgIpc) is 2.70. The summed E-state index contributed by atoms with van der Waals surface area (Å²) in [7, 11) is 0. The second-order valence-electron chi connectivity index (χ2n) is 2.57. The highest BCUT2D eigenvalue weighted by atomic mass is 35.5.